The molecule has 0 aliphatic carbocycles. The smallest absolute Gasteiger partial charge is 0.0577 e. The molecule has 0 bridgehead atoms. The van der Waals surface area contributed by atoms with Crippen LogP contribution < -0.4 is 11.1 Å². The van der Waals surface area contributed by atoms with Crippen LogP contribution in [0.25, 0.3) is 0 Å². The molecule has 2 rings (SSSR count). The minimum atomic E-state index is 0.208. The third-order valence-corrected chi connectivity index (χ3v) is 3.97. The third-order valence-electron chi connectivity index (χ3n) is 3.97. The third kappa shape index (κ3) is 2.64. The van der Waals surface area contributed by atoms with Crippen molar-refractivity contribution in [2.24, 2.45) is 0 Å². The van der Waals surface area contributed by atoms with Gasteiger partial charge in [0.25, 0.3) is 0 Å². The lowest BCUT2D eigenvalue weighted by Gasteiger charge is -2.21. The van der Waals surface area contributed by atoms with Crippen LogP contribution in [0.2, 0.25) is 0 Å². The molecule has 19 heavy (non-hydrogen) atoms. The summed E-state index contributed by atoms with van der Waals surface area (Å²) in [4.78, 5) is 0. The molecule has 0 heterocycles. The Kier molecular flexibility index (Phi) is 3.91. The van der Waals surface area contributed by atoms with Crippen LogP contribution in [0.4, 0.5) is 5.69 Å². The average Bonchev–Trinajstić information content (AvgIpc) is 2.41. The van der Waals surface area contributed by atoms with E-state index in [4.69, 9.17) is 5.73 Å². The van der Waals surface area contributed by atoms with E-state index < -0.39 is 0 Å². The summed E-state index contributed by atoms with van der Waals surface area (Å²) < 4.78 is 0. The monoisotopic (exact) mass is 254 g/mol. The molecule has 100 valence electrons. The van der Waals surface area contributed by atoms with Gasteiger partial charge >= 0.3 is 0 Å². The van der Waals surface area contributed by atoms with Crippen molar-refractivity contribution in [2.45, 2.75) is 26.8 Å². The lowest BCUT2D eigenvalue weighted by Crippen LogP contribution is -2.19. The molecule has 3 N–H and O–H groups in total. The summed E-state index contributed by atoms with van der Waals surface area (Å²) in [5.41, 5.74) is 13.2. The van der Waals surface area contributed by atoms with Crippen molar-refractivity contribution in [2.75, 3.05) is 12.8 Å². The maximum Gasteiger partial charge on any atom is 0.0577 e. The Morgan fingerprint density at radius 1 is 0.895 bits per heavy atom. The average molecular weight is 254 g/mol. The molecule has 0 radical (unpaired) electrons. The van der Waals surface area contributed by atoms with E-state index in [2.05, 4.69) is 50.4 Å². The van der Waals surface area contributed by atoms with Crippen LogP contribution in [0.1, 0.15) is 33.9 Å². The molecule has 1 atom stereocenters. The summed E-state index contributed by atoms with van der Waals surface area (Å²) in [5.74, 6) is 0. The molecule has 0 aliphatic heterocycles. The van der Waals surface area contributed by atoms with Gasteiger partial charge in [-0.3, -0.25) is 0 Å². The molecule has 2 aromatic rings. The van der Waals surface area contributed by atoms with Gasteiger partial charge in [-0.05, 0) is 67.8 Å². The van der Waals surface area contributed by atoms with Crippen molar-refractivity contribution in [3.8, 4) is 0 Å². The quantitative estimate of drug-likeness (QED) is 0.823. The second-order valence-electron chi connectivity index (χ2n) is 5.11. The number of nitrogen functional groups attached to an aromatic ring is 1. The van der Waals surface area contributed by atoms with Gasteiger partial charge in [-0.2, -0.15) is 0 Å². The summed E-state index contributed by atoms with van der Waals surface area (Å²) in [6.07, 6.45) is 0. The largest absolute Gasteiger partial charge is 0.399 e. The van der Waals surface area contributed by atoms with E-state index in [9.17, 15) is 0 Å². The molecule has 0 spiro atoms. The number of aryl methyl sites for hydroxylation is 1. The predicted octanol–water partition coefficient (Wildman–Crippen LogP) is 3.50. The molecule has 0 aliphatic rings. The molecule has 0 aromatic heterocycles. The highest BCUT2D eigenvalue weighted by molar-refractivity contribution is 5.46. The number of nitrogens with two attached hydrogens (primary N) is 1. The Balaban J connectivity index is 2.48. The van der Waals surface area contributed by atoms with Gasteiger partial charge in [-0.25, -0.2) is 0 Å². The number of benzene rings is 2. The first-order valence-electron chi connectivity index (χ1n) is 6.64. The zero-order chi connectivity index (χ0) is 14.0. The van der Waals surface area contributed by atoms with Crippen molar-refractivity contribution in [1.29, 1.82) is 0 Å². The van der Waals surface area contributed by atoms with E-state index in [0.717, 1.165) is 5.69 Å². The second-order valence-corrected chi connectivity index (χ2v) is 5.11. The summed E-state index contributed by atoms with van der Waals surface area (Å²) in [5, 5.41) is 3.40. The van der Waals surface area contributed by atoms with Crippen molar-refractivity contribution < 1.29 is 0 Å². The molecule has 0 saturated carbocycles. The lowest BCUT2D eigenvalue weighted by molar-refractivity contribution is 0.686. The molecular weight excluding hydrogens is 232 g/mol. The van der Waals surface area contributed by atoms with E-state index in [1.807, 2.05) is 19.2 Å². The zero-order valence-corrected chi connectivity index (χ0v) is 12.1. The second kappa shape index (κ2) is 5.45. The van der Waals surface area contributed by atoms with Crippen LogP contribution >= 0.6 is 0 Å². The normalized spacial score (nSPS) is 12.4. The van der Waals surface area contributed by atoms with E-state index in [1.54, 1.807) is 0 Å². The topological polar surface area (TPSA) is 38.0 Å². The molecular formula is C17H22N2. The first kappa shape index (κ1) is 13.6. The molecule has 2 aromatic carbocycles. The SMILES string of the molecule is CNC(c1ccc(N)cc1)c1ccc(C)c(C)c1C. The summed E-state index contributed by atoms with van der Waals surface area (Å²) in [6, 6.07) is 12.7. The van der Waals surface area contributed by atoms with Crippen molar-refractivity contribution >= 4 is 5.69 Å². The highest BCUT2D eigenvalue weighted by atomic mass is 14.9. The molecule has 0 saturated heterocycles. The van der Waals surface area contributed by atoms with Gasteiger partial charge in [0.15, 0.2) is 0 Å². The number of hydrogen-bond acceptors (Lipinski definition) is 2. The fourth-order valence-electron chi connectivity index (χ4n) is 2.48. The van der Waals surface area contributed by atoms with E-state index in [1.165, 1.54) is 27.8 Å². The van der Waals surface area contributed by atoms with Crippen molar-refractivity contribution in [1.82, 2.24) is 5.32 Å². The van der Waals surface area contributed by atoms with Gasteiger partial charge in [0.05, 0.1) is 6.04 Å². The van der Waals surface area contributed by atoms with Crippen LogP contribution in [0.3, 0.4) is 0 Å². The molecule has 1 unspecified atom stereocenters. The number of rotatable bonds is 3. The fourth-order valence-corrected chi connectivity index (χ4v) is 2.48. The van der Waals surface area contributed by atoms with Crippen LogP contribution in [-0.4, -0.2) is 7.05 Å². The summed E-state index contributed by atoms with van der Waals surface area (Å²) in [7, 11) is 2.00. The van der Waals surface area contributed by atoms with Gasteiger partial charge in [0, 0.05) is 5.69 Å². The minimum Gasteiger partial charge on any atom is -0.399 e. The highest BCUT2D eigenvalue weighted by Crippen LogP contribution is 2.28. The molecule has 0 amide bonds. The Labute approximate surface area is 115 Å². The minimum absolute atomic E-state index is 0.208. The molecule has 2 nitrogen and oxygen atoms in total. The van der Waals surface area contributed by atoms with Gasteiger partial charge < -0.3 is 11.1 Å². The Morgan fingerprint density at radius 2 is 1.53 bits per heavy atom. The Morgan fingerprint density at radius 3 is 2.11 bits per heavy atom. The first-order valence-corrected chi connectivity index (χ1v) is 6.64. The lowest BCUT2D eigenvalue weighted by atomic mass is 9.91. The predicted molar refractivity (Wildman–Crippen MR) is 82.4 cm³/mol. The van der Waals surface area contributed by atoms with E-state index >= 15 is 0 Å². The maximum atomic E-state index is 5.76. The highest BCUT2D eigenvalue weighted by Gasteiger charge is 2.15. The fraction of sp³-hybridized carbons (Fsp3) is 0.294. The maximum absolute atomic E-state index is 5.76. The van der Waals surface area contributed by atoms with Crippen LogP contribution in [-0.2, 0) is 0 Å². The van der Waals surface area contributed by atoms with Gasteiger partial charge in [0.2, 0.25) is 0 Å². The van der Waals surface area contributed by atoms with Crippen LogP contribution in [0.15, 0.2) is 36.4 Å². The number of anilines is 1. The van der Waals surface area contributed by atoms with Crippen LogP contribution in [0.5, 0.6) is 0 Å². The van der Waals surface area contributed by atoms with Crippen LogP contribution in [0, 0.1) is 20.8 Å². The van der Waals surface area contributed by atoms with E-state index in [0.29, 0.717) is 0 Å². The number of hydrogen-bond donors (Lipinski definition) is 2. The Bertz CT molecular complexity index is 571. The van der Waals surface area contributed by atoms with Gasteiger partial charge in [0.1, 0.15) is 0 Å². The van der Waals surface area contributed by atoms with Crippen molar-refractivity contribution in [3.63, 3.8) is 0 Å². The van der Waals surface area contributed by atoms with Crippen molar-refractivity contribution in [3.05, 3.63) is 64.2 Å². The van der Waals surface area contributed by atoms with E-state index in [-0.39, 0.29) is 6.04 Å². The zero-order valence-electron chi connectivity index (χ0n) is 12.1. The molecule has 2 heteroatoms. The molecule has 0 fully saturated rings. The number of nitrogens with one attached hydrogen (secondary N) is 1. The van der Waals surface area contributed by atoms with Gasteiger partial charge in [-0.1, -0.05) is 24.3 Å². The van der Waals surface area contributed by atoms with Gasteiger partial charge in [-0.15, -0.1) is 0 Å². The first-order chi connectivity index (χ1) is 9.04. The standard InChI is InChI=1S/C17H22N2/c1-11-5-10-16(13(3)12(11)2)17(19-4)14-6-8-15(18)9-7-14/h5-10,17,19H,18H2,1-4H3. The Hall–Kier alpha value is -1.80. The summed E-state index contributed by atoms with van der Waals surface area (Å²) in [6.45, 7) is 6.53. The summed E-state index contributed by atoms with van der Waals surface area (Å²) >= 11 is 0.